The molecule has 1 aromatic carbocycles. The van der Waals surface area contributed by atoms with Gasteiger partial charge in [0.1, 0.15) is 0 Å². The summed E-state index contributed by atoms with van der Waals surface area (Å²) in [6.07, 6.45) is 3.89. The maximum absolute atomic E-state index is 12.4. The summed E-state index contributed by atoms with van der Waals surface area (Å²) in [7, 11) is 1.65. The molecule has 8 heteroatoms. The van der Waals surface area contributed by atoms with Gasteiger partial charge in [0.15, 0.2) is 5.13 Å². The predicted molar refractivity (Wildman–Crippen MR) is 102 cm³/mol. The van der Waals surface area contributed by atoms with Gasteiger partial charge in [0.25, 0.3) is 11.5 Å². The van der Waals surface area contributed by atoms with E-state index in [1.165, 1.54) is 23.7 Å². The fourth-order valence-corrected chi connectivity index (χ4v) is 3.93. The number of aromatic nitrogens is 3. The lowest BCUT2D eigenvalue weighted by atomic mass is 10.1. The standard InChI is InChI=1S/C18H19N5O2S/c1-22-11-20-15-8-12(4-5-14(15)17(22)25)16(24)19-9-13-10-26-18(21-13)23-6-2-3-7-23/h4-5,8,10-11H,2-3,6-7,9H2,1H3,(H,19,24). The number of carbonyl (C=O) groups excluding carboxylic acids is 1. The largest absolute Gasteiger partial charge is 0.348 e. The van der Waals surface area contributed by atoms with E-state index in [1.54, 1.807) is 36.6 Å². The van der Waals surface area contributed by atoms with Gasteiger partial charge in [-0.3, -0.25) is 9.59 Å². The summed E-state index contributed by atoms with van der Waals surface area (Å²) in [5, 5.41) is 6.40. The highest BCUT2D eigenvalue weighted by molar-refractivity contribution is 7.13. The summed E-state index contributed by atoms with van der Waals surface area (Å²) in [5.41, 5.74) is 1.73. The van der Waals surface area contributed by atoms with E-state index >= 15 is 0 Å². The Morgan fingerprint density at radius 2 is 2.12 bits per heavy atom. The topological polar surface area (TPSA) is 80.1 Å². The number of nitrogens with one attached hydrogen (secondary N) is 1. The number of hydrogen-bond donors (Lipinski definition) is 1. The van der Waals surface area contributed by atoms with Crippen molar-refractivity contribution in [3.05, 3.63) is 51.5 Å². The Morgan fingerprint density at radius 3 is 2.92 bits per heavy atom. The van der Waals surface area contributed by atoms with Crippen LogP contribution in [0, 0.1) is 0 Å². The van der Waals surface area contributed by atoms with Crippen LogP contribution in [-0.2, 0) is 13.6 Å². The number of benzene rings is 1. The van der Waals surface area contributed by atoms with Crippen molar-refractivity contribution >= 4 is 33.3 Å². The fraction of sp³-hybridized carbons (Fsp3) is 0.333. The molecule has 0 aliphatic carbocycles. The number of amides is 1. The van der Waals surface area contributed by atoms with E-state index < -0.39 is 0 Å². The molecule has 3 heterocycles. The van der Waals surface area contributed by atoms with E-state index in [0.29, 0.717) is 23.0 Å². The Kier molecular flexibility index (Phi) is 4.42. The normalized spacial score (nSPS) is 14.1. The number of rotatable bonds is 4. The number of aryl methyl sites for hydroxylation is 1. The molecule has 1 aliphatic heterocycles. The van der Waals surface area contributed by atoms with E-state index in [1.807, 2.05) is 5.38 Å². The molecule has 0 atom stereocenters. The van der Waals surface area contributed by atoms with Gasteiger partial charge in [0, 0.05) is 31.1 Å². The molecule has 0 spiro atoms. The average molecular weight is 369 g/mol. The molecule has 4 rings (SSSR count). The lowest BCUT2D eigenvalue weighted by Crippen LogP contribution is -2.24. The summed E-state index contributed by atoms with van der Waals surface area (Å²) in [4.78, 5) is 35.6. The minimum atomic E-state index is -0.204. The molecule has 2 aromatic heterocycles. The molecule has 3 aromatic rings. The molecule has 1 amide bonds. The Morgan fingerprint density at radius 1 is 1.31 bits per heavy atom. The van der Waals surface area contributed by atoms with Crippen LogP contribution in [0.2, 0.25) is 0 Å². The van der Waals surface area contributed by atoms with Crippen LogP contribution in [0.5, 0.6) is 0 Å². The number of nitrogens with zero attached hydrogens (tertiary/aromatic N) is 4. The number of fused-ring (bicyclic) bond motifs is 1. The van der Waals surface area contributed by atoms with Crippen LogP contribution in [0.4, 0.5) is 5.13 Å². The maximum atomic E-state index is 12.4. The van der Waals surface area contributed by atoms with Gasteiger partial charge in [0.05, 0.1) is 29.5 Å². The zero-order chi connectivity index (χ0) is 18.1. The Hall–Kier alpha value is -2.74. The number of hydrogen-bond acceptors (Lipinski definition) is 6. The van der Waals surface area contributed by atoms with E-state index in [4.69, 9.17) is 0 Å². The van der Waals surface area contributed by atoms with Gasteiger partial charge >= 0.3 is 0 Å². The number of anilines is 1. The highest BCUT2D eigenvalue weighted by Crippen LogP contribution is 2.24. The van der Waals surface area contributed by atoms with Crippen molar-refractivity contribution in [3.63, 3.8) is 0 Å². The van der Waals surface area contributed by atoms with Gasteiger partial charge in [0.2, 0.25) is 0 Å². The van der Waals surface area contributed by atoms with Crippen molar-refractivity contribution in [2.75, 3.05) is 18.0 Å². The molecule has 1 aliphatic rings. The van der Waals surface area contributed by atoms with Crippen molar-refractivity contribution in [1.82, 2.24) is 19.9 Å². The Balaban J connectivity index is 1.45. The quantitative estimate of drug-likeness (QED) is 0.760. The van der Waals surface area contributed by atoms with Crippen LogP contribution < -0.4 is 15.8 Å². The van der Waals surface area contributed by atoms with E-state index in [0.717, 1.165) is 23.9 Å². The molecule has 0 unspecified atom stereocenters. The van der Waals surface area contributed by atoms with Gasteiger partial charge in [-0.2, -0.15) is 0 Å². The zero-order valence-electron chi connectivity index (χ0n) is 14.4. The smallest absolute Gasteiger partial charge is 0.260 e. The molecule has 1 N–H and O–H groups in total. The highest BCUT2D eigenvalue weighted by Gasteiger charge is 2.16. The first kappa shape index (κ1) is 16.7. The minimum Gasteiger partial charge on any atom is -0.348 e. The number of thiazole rings is 1. The van der Waals surface area contributed by atoms with Crippen LogP contribution in [0.15, 0.2) is 34.7 Å². The van der Waals surface area contributed by atoms with Gasteiger partial charge in [-0.05, 0) is 31.0 Å². The second-order valence-electron chi connectivity index (χ2n) is 6.39. The second kappa shape index (κ2) is 6.87. The van der Waals surface area contributed by atoms with Gasteiger partial charge < -0.3 is 14.8 Å². The van der Waals surface area contributed by atoms with Crippen LogP contribution in [0.25, 0.3) is 10.9 Å². The third-order valence-electron chi connectivity index (χ3n) is 4.53. The predicted octanol–water partition coefficient (Wildman–Crippen LogP) is 1.92. The van der Waals surface area contributed by atoms with E-state index in [2.05, 4.69) is 20.2 Å². The van der Waals surface area contributed by atoms with Crippen molar-refractivity contribution < 1.29 is 4.79 Å². The van der Waals surface area contributed by atoms with Crippen LogP contribution in [0.1, 0.15) is 28.9 Å². The molecule has 0 radical (unpaired) electrons. The van der Waals surface area contributed by atoms with Crippen LogP contribution >= 0.6 is 11.3 Å². The fourth-order valence-electron chi connectivity index (χ4n) is 3.06. The monoisotopic (exact) mass is 369 g/mol. The molecule has 26 heavy (non-hydrogen) atoms. The van der Waals surface area contributed by atoms with Gasteiger partial charge in [-0.1, -0.05) is 0 Å². The first-order valence-corrected chi connectivity index (χ1v) is 9.43. The lowest BCUT2D eigenvalue weighted by molar-refractivity contribution is 0.0950. The third kappa shape index (κ3) is 3.20. The summed E-state index contributed by atoms with van der Waals surface area (Å²) in [6, 6.07) is 4.94. The molecular formula is C18H19N5O2S. The van der Waals surface area contributed by atoms with Gasteiger partial charge in [-0.15, -0.1) is 11.3 Å². The molecule has 1 saturated heterocycles. The maximum Gasteiger partial charge on any atom is 0.260 e. The summed E-state index contributed by atoms with van der Waals surface area (Å²) >= 11 is 1.62. The van der Waals surface area contributed by atoms with Gasteiger partial charge in [-0.25, -0.2) is 9.97 Å². The van der Waals surface area contributed by atoms with Crippen molar-refractivity contribution in [2.24, 2.45) is 7.05 Å². The molecule has 7 nitrogen and oxygen atoms in total. The molecular weight excluding hydrogens is 350 g/mol. The summed E-state index contributed by atoms with van der Waals surface area (Å²) in [6.45, 7) is 2.50. The average Bonchev–Trinajstić information content (AvgIpc) is 3.34. The minimum absolute atomic E-state index is 0.126. The van der Waals surface area contributed by atoms with E-state index in [9.17, 15) is 9.59 Å². The summed E-state index contributed by atoms with van der Waals surface area (Å²) in [5.74, 6) is -0.204. The second-order valence-corrected chi connectivity index (χ2v) is 7.23. The first-order chi connectivity index (χ1) is 12.6. The molecule has 134 valence electrons. The van der Waals surface area contributed by atoms with Crippen molar-refractivity contribution in [3.8, 4) is 0 Å². The van der Waals surface area contributed by atoms with Crippen LogP contribution in [-0.4, -0.2) is 33.5 Å². The van der Waals surface area contributed by atoms with E-state index in [-0.39, 0.29) is 11.5 Å². The Labute approximate surface area is 154 Å². The molecule has 1 fully saturated rings. The summed E-state index contributed by atoms with van der Waals surface area (Å²) < 4.78 is 1.42. The number of carbonyl (C=O) groups is 1. The first-order valence-electron chi connectivity index (χ1n) is 8.55. The Bertz CT molecular complexity index is 1020. The van der Waals surface area contributed by atoms with Crippen LogP contribution in [0.3, 0.4) is 0 Å². The zero-order valence-corrected chi connectivity index (χ0v) is 15.3. The van der Waals surface area contributed by atoms with Crippen molar-refractivity contribution in [1.29, 1.82) is 0 Å². The highest BCUT2D eigenvalue weighted by atomic mass is 32.1. The lowest BCUT2D eigenvalue weighted by Gasteiger charge is -2.12. The SMILES string of the molecule is Cn1cnc2cc(C(=O)NCc3csc(N4CCCC4)n3)ccc2c1=O. The molecule has 0 saturated carbocycles. The van der Waals surface area contributed by atoms with Crippen molar-refractivity contribution in [2.45, 2.75) is 19.4 Å². The molecule has 0 bridgehead atoms. The third-order valence-corrected chi connectivity index (χ3v) is 5.48.